The molecule has 0 saturated carbocycles. The molecule has 0 fully saturated rings. The van der Waals surface area contributed by atoms with Gasteiger partial charge in [0.2, 0.25) is 0 Å². The van der Waals surface area contributed by atoms with Crippen molar-refractivity contribution in [2.45, 2.75) is 26.2 Å². The molecule has 32 heavy (non-hydrogen) atoms. The van der Waals surface area contributed by atoms with Crippen molar-refractivity contribution in [3.63, 3.8) is 0 Å². The zero-order valence-electron chi connectivity index (χ0n) is 17.3. The summed E-state index contributed by atoms with van der Waals surface area (Å²) in [5.41, 5.74) is 3.17. The molecule has 1 aliphatic carbocycles. The summed E-state index contributed by atoms with van der Waals surface area (Å²) in [7, 11) is 0. The Morgan fingerprint density at radius 3 is 2.38 bits per heavy atom. The van der Waals surface area contributed by atoms with E-state index in [0.29, 0.717) is 38.9 Å². The summed E-state index contributed by atoms with van der Waals surface area (Å²) in [5.74, 6) is -0.507. The Morgan fingerprint density at radius 1 is 1.09 bits per heavy atom. The maximum Gasteiger partial charge on any atom is 0.266 e. The maximum absolute atomic E-state index is 12.8. The van der Waals surface area contributed by atoms with Gasteiger partial charge in [-0.2, -0.15) is 5.26 Å². The van der Waals surface area contributed by atoms with E-state index in [0.717, 1.165) is 29.7 Å². The Hall–Kier alpha value is -3.76. The van der Waals surface area contributed by atoms with Gasteiger partial charge in [-0.25, -0.2) is 4.90 Å². The van der Waals surface area contributed by atoms with Crippen molar-refractivity contribution in [1.29, 1.82) is 5.26 Å². The topological polar surface area (TPSA) is 90.3 Å². The number of carbonyl (C=O) groups is 3. The van der Waals surface area contributed by atoms with E-state index in [-0.39, 0.29) is 17.7 Å². The minimum atomic E-state index is -0.375. The molecule has 1 aliphatic heterocycles. The normalized spacial score (nSPS) is 17.0. The number of nitrogens with one attached hydrogen (secondary N) is 1. The van der Waals surface area contributed by atoms with Crippen LogP contribution in [-0.4, -0.2) is 17.7 Å². The summed E-state index contributed by atoms with van der Waals surface area (Å²) in [6, 6.07) is 15.3. The molecule has 0 bridgehead atoms. The van der Waals surface area contributed by atoms with Crippen LogP contribution in [0.2, 0.25) is 0 Å². The SMILES string of the molecule is C[C@H]1CCc2c(sc(NC(=O)c3ccc(N4C(=O)c5ccccc5C4=O)cc3)c2C#N)C1. The van der Waals surface area contributed by atoms with Gasteiger partial charge >= 0.3 is 0 Å². The van der Waals surface area contributed by atoms with Gasteiger partial charge in [0, 0.05) is 10.4 Å². The van der Waals surface area contributed by atoms with E-state index in [1.165, 1.54) is 16.2 Å². The molecule has 0 radical (unpaired) electrons. The van der Waals surface area contributed by atoms with Crippen LogP contribution < -0.4 is 10.2 Å². The summed E-state index contributed by atoms with van der Waals surface area (Å²) in [6.07, 6.45) is 2.84. The Labute approximate surface area is 189 Å². The second-order valence-electron chi connectivity index (χ2n) is 8.16. The van der Waals surface area contributed by atoms with Gasteiger partial charge in [-0.15, -0.1) is 11.3 Å². The fourth-order valence-electron chi connectivity index (χ4n) is 4.32. The average Bonchev–Trinajstić information content (AvgIpc) is 3.27. The predicted octanol–water partition coefficient (Wildman–Crippen LogP) is 4.80. The molecule has 0 spiro atoms. The molecule has 0 saturated heterocycles. The van der Waals surface area contributed by atoms with Crippen LogP contribution >= 0.6 is 11.3 Å². The van der Waals surface area contributed by atoms with Gasteiger partial charge in [-0.05, 0) is 67.1 Å². The summed E-state index contributed by atoms with van der Waals surface area (Å²) in [5, 5.41) is 13.1. The summed E-state index contributed by atoms with van der Waals surface area (Å²) >= 11 is 1.48. The molecule has 0 unspecified atom stereocenters. The zero-order valence-corrected chi connectivity index (χ0v) is 18.2. The minimum absolute atomic E-state index is 0.331. The number of thiophene rings is 1. The molecule has 1 atom stereocenters. The van der Waals surface area contributed by atoms with Crippen molar-refractivity contribution >= 4 is 39.7 Å². The quantitative estimate of drug-likeness (QED) is 0.591. The lowest BCUT2D eigenvalue weighted by Crippen LogP contribution is -2.29. The van der Waals surface area contributed by atoms with E-state index in [4.69, 9.17) is 0 Å². The Balaban J connectivity index is 1.37. The third-order valence-corrected chi connectivity index (χ3v) is 7.20. The highest BCUT2D eigenvalue weighted by molar-refractivity contribution is 7.16. The predicted molar refractivity (Wildman–Crippen MR) is 122 cm³/mol. The number of hydrogen-bond acceptors (Lipinski definition) is 5. The third-order valence-electron chi connectivity index (χ3n) is 6.03. The number of imide groups is 1. The van der Waals surface area contributed by atoms with Crippen molar-refractivity contribution in [2.24, 2.45) is 5.92 Å². The van der Waals surface area contributed by atoms with Crippen LogP contribution in [0.1, 0.15) is 60.4 Å². The fourth-order valence-corrected chi connectivity index (χ4v) is 5.67. The van der Waals surface area contributed by atoms with E-state index in [9.17, 15) is 19.6 Å². The highest BCUT2D eigenvalue weighted by Gasteiger charge is 2.36. The lowest BCUT2D eigenvalue weighted by atomic mass is 9.88. The first-order valence-corrected chi connectivity index (χ1v) is 11.2. The molecule has 2 aromatic carbocycles. The number of rotatable bonds is 3. The smallest absolute Gasteiger partial charge is 0.266 e. The largest absolute Gasteiger partial charge is 0.312 e. The molecule has 2 aliphatic rings. The van der Waals surface area contributed by atoms with Crippen LogP contribution in [0.3, 0.4) is 0 Å². The number of hydrogen-bond donors (Lipinski definition) is 1. The first kappa shape index (κ1) is 20.2. The second kappa shape index (κ2) is 7.74. The monoisotopic (exact) mass is 441 g/mol. The van der Waals surface area contributed by atoms with Gasteiger partial charge in [0.1, 0.15) is 11.1 Å². The van der Waals surface area contributed by atoms with Crippen molar-refractivity contribution in [1.82, 2.24) is 0 Å². The third kappa shape index (κ3) is 3.20. The van der Waals surface area contributed by atoms with Crippen molar-refractivity contribution in [3.05, 3.63) is 81.2 Å². The maximum atomic E-state index is 12.8. The number of nitriles is 1. The Kier molecular flexibility index (Phi) is 4.87. The van der Waals surface area contributed by atoms with Gasteiger partial charge < -0.3 is 5.32 Å². The number of benzene rings is 2. The Bertz CT molecular complexity index is 1280. The first-order chi connectivity index (χ1) is 15.5. The molecule has 2 heterocycles. The van der Waals surface area contributed by atoms with Crippen LogP contribution in [-0.2, 0) is 12.8 Å². The molecule has 3 amide bonds. The number of fused-ring (bicyclic) bond motifs is 2. The molecule has 1 N–H and O–H groups in total. The molecular weight excluding hydrogens is 422 g/mol. The second-order valence-corrected chi connectivity index (χ2v) is 9.27. The first-order valence-electron chi connectivity index (χ1n) is 10.4. The average molecular weight is 442 g/mol. The van der Waals surface area contributed by atoms with Gasteiger partial charge in [-0.1, -0.05) is 19.1 Å². The van der Waals surface area contributed by atoms with Crippen LogP contribution in [0, 0.1) is 17.2 Å². The summed E-state index contributed by atoms with van der Waals surface area (Å²) in [6.45, 7) is 2.20. The van der Waals surface area contributed by atoms with Crippen LogP contribution in [0.25, 0.3) is 0 Å². The van der Waals surface area contributed by atoms with Crippen molar-refractivity contribution in [3.8, 4) is 6.07 Å². The summed E-state index contributed by atoms with van der Waals surface area (Å²) < 4.78 is 0. The molecule has 7 heteroatoms. The van der Waals surface area contributed by atoms with Crippen molar-refractivity contribution < 1.29 is 14.4 Å². The number of amides is 3. The van der Waals surface area contributed by atoms with Gasteiger partial charge in [0.25, 0.3) is 17.7 Å². The van der Waals surface area contributed by atoms with Crippen LogP contribution in [0.15, 0.2) is 48.5 Å². The van der Waals surface area contributed by atoms with E-state index in [1.54, 1.807) is 48.5 Å². The number of nitrogens with zero attached hydrogens (tertiary/aromatic N) is 2. The van der Waals surface area contributed by atoms with E-state index in [2.05, 4.69) is 18.3 Å². The zero-order chi connectivity index (χ0) is 22.4. The highest BCUT2D eigenvalue weighted by Crippen LogP contribution is 2.39. The van der Waals surface area contributed by atoms with Gasteiger partial charge in [0.15, 0.2) is 0 Å². The molecule has 1 aromatic heterocycles. The standard InChI is InChI=1S/C25H19N3O3S/c1-14-6-11-17-20(13-26)23(32-21(17)12-14)27-22(29)15-7-9-16(10-8-15)28-24(30)18-4-2-3-5-19(18)25(28)31/h2-5,7-10,14H,6,11-12H2,1H3,(H,27,29)/t14-/m0/s1. The molecule has 5 rings (SSSR count). The van der Waals surface area contributed by atoms with Crippen LogP contribution in [0.4, 0.5) is 10.7 Å². The van der Waals surface area contributed by atoms with E-state index < -0.39 is 0 Å². The minimum Gasteiger partial charge on any atom is -0.312 e. The molecule has 158 valence electrons. The highest BCUT2D eigenvalue weighted by atomic mass is 32.1. The number of anilines is 2. The summed E-state index contributed by atoms with van der Waals surface area (Å²) in [4.78, 5) is 40.4. The molecular formula is C25H19N3O3S. The van der Waals surface area contributed by atoms with Gasteiger partial charge in [0.05, 0.1) is 22.4 Å². The Morgan fingerprint density at radius 2 is 1.75 bits per heavy atom. The lowest BCUT2D eigenvalue weighted by Gasteiger charge is -2.17. The number of carbonyl (C=O) groups excluding carboxylic acids is 3. The van der Waals surface area contributed by atoms with E-state index in [1.807, 2.05) is 0 Å². The van der Waals surface area contributed by atoms with Crippen LogP contribution in [0.5, 0.6) is 0 Å². The molecule has 3 aromatic rings. The lowest BCUT2D eigenvalue weighted by molar-refractivity contribution is 0.0925. The fraction of sp³-hybridized carbons (Fsp3) is 0.200. The van der Waals surface area contributed by atoms with Gasteiger partial charge in [-0.3, -0.25) is 14.4 Å². The molecule has 6 nitrogen and oxygen atoms in total. The van der Waals surface area contributed by atoms with Crippen molar-refractivity contribution in [2.75, 3.05) is 10.2 Å². The van der Waals surface area contributed by atoms with E-state index >= 15 is 0 Å².